The number of esters is 1. The summed E-state index contributed by atoms with van der Waals surface area (Å²) in [6, 6.07) is 6.41. The summed E-state index contributed by atoms with van der Waals surface area (Å²) in [7, 11) is 0. The summed E-state index contributed by atoms with van der Waals surface area (Å²) in [5.74, 6) is 0.410. The van der Waals surface area contributed by atoms with E-state index in [1.165, 1.54) is 6.07 Å². The first kappa shape index (κ1) is 15.7. The van der Waals surface area contributed by atoms with Gasteiger partial charge in [-0.2, -0.15) is 0 Å². The largest absolute Gasteiger partial charge is 0.482 e. The van der Waals surface area contributed by atoms with Gasteiger partial charge in [0, 0.05) is 24.4 Å². The van der Waals surface area contributed by atoms with Crippen LogP contribution in [-0.2, 0) is 16.1 Å². The molecule has 0 aliphatic carbocycles. The fourth-order valence-corrected chi connectivity index (χ4v) is 2.12. The van der Waals surface area contributed by atoms with Crippen molar-refractivity contribution in [3.05, 3.63) is 52.0 Å². The highest BCUT2D eigenvalue weighted by Gasteiger charge is 2.10. The van der Waals surface area contributed by atoms with Gasteiger partial charge in [-0.1, -0.05) is 0 Å². The number of ether oxygens (including phenoxy) is 2. The first-order valence-electron chi connectivity index (χ1n) is 7.13. The highest BCUT2D eigenvalue weighted by Crippen LogP contribution is 2.22. The zero-order chi connectivity index (χ0) is 17.1. The molecule has 3 rings (SSSR count). The molecule has 0 saturated carbocycles. The number of hydrogen-bond acceptors (Lipinski definition) is 8. The molecular formula is C16H14N2O6. The molecule has 8 heteroatoms. The molecule has 0 N–H and O–H groups in total. The quantitative estimate of drug-likeness (QED) is 0.516. The normalized spacial score (nSPS) is 10.8. The molecule has 0 fully saturated rings. The van der Waals surface area contributed by atoms with Gasteiger partial charge in [0.2, 0.25) is 5.89 Å². The minimum absolute atomic E-state index is 0.116. The van der Waals surface area contributed by atoms with E-state index < -0.39 is 11.6 Å². The third-order valence-corrected chi connectivity index (χ3v) is 3.20. The summed E-state index contributed by atoms with van der Waals surface area (Å²) >= 11 is 0. The monoisotopic (exact) mass is 330 g/mol. The van der Waals surface area contributed by atoms with Gasteiger partial charge < -0.3 is 18.3 Å². The van der Waals surface area contributed by atoms with Crippen LogP contribution in [0.15, 0.2) is 37.9 Å². The summed E-state index contributed by atoms with van der Waals surface area (Å²) in [6.07, 6.45) is 0. The molecule has 0 radical (unpaired) electrons. The van der Waals surface area contributed by atoms with Gasteiger partial charge in [-0.05, 0) is 24.6 Å². The van der Waals surface area contributed by atoms with Crippen molar-refractivity contribution in [2.45, 2.75) is 20.5 Å². The van der Waals surface area contributed by atoms with Gasteiger partial charge in [0.25, 0.3) is 5.89 Å². The Morgan fingerprint density at radius 3 is 2.75 bits per heavy atom. The van der Waals surface area contributed by atoms with Crippen molar-refractivity contribution >= 4 is 16.9 Å². The van der Waals surface area contributed by atoms with Gasteiger partial charge in [0.15, 0.2) is 13.2 Å². The second-order valence-electron chi connectivity index (χ2n) is 5.07. The summed E-state index contributed by atoms with van der Waals surface area (Å²) in [4.78, 5) is 23.1. The van der Waals surface area contributed by atoms with E-state index in [4.69, 9.17) is 18.3 Å². The predicted molar refractivity (Wildman–Crippen MR) is 81.5 cm³/mol. The molecular weight excluding hydrogens is 316 g/mol. The lowest BCUT2D eigenvalue weighted by molar-refractivity contribution is -0.148. The Hall–Kier alpha value is -3.16. The third-order valence-electron chi connectivity index (χ3n) is 3.20. The predicted octanol–water partition coefficient (Wildman–Crippen LogP) is 1.92. The lowest BCUT2D eigenvalue weighted by atomic mass is 10.1. The molecule has 0 aliphatic rings. The maximum Gasteiger partial charge on any atom is 0.344 e. The Kier molecular flexibility index (Phi) is 4.28. The van der Waals surface area contributed by atoms with Crippen LogP contribution >= 0.6 is 0 Å². The number of rotatable bonds is 5. The second kappa shape index (κ2) is 6.53. The lowest BCUT2D eigenvalue weighted by Gasteiger charge is -2.07. The van der Waals surface area contributed by atoms with Gasteiger partial charge >= 0.3 is 11.6 Å². The summed E-state index contributed by atoms with van der Waals surface area (Å²) in [6.45, 7) is 3.04. The lowest BCUT2D eigenvalue weighted by Crippen LogP contribution is -2.14. The van der Waals surface area contributed by atoms with Crippen molar-refractivity contribution in [1.29, 1.82) is 0 Å². The van der Waals surface area contributed by atoms with Crippen LogP contribution in [0.3, 0.4) is 0 Å². The second-order valence-corrected chi connectivity index (χ2v) is 5.07. The average Bonchev–Trinajstić information content (AvgIpc) is 2.96. The minimum Gasteiger partial charge on any atom is -0.482 e. The van der Waals surface area contributed by atoms with Crippen LogP contribution in [0.25, 0.3) is 11.0 Å². The number of aromatic nitrogens is 2. The van der Waals surface area contributed by atoms with Crippen molar-refractivity contribution in [1.82, 2.24) is 10.2 Å². The number of carbonyl (C=O) groups excluding carboxylic acids is 1. The number of nitrogens with zero attached hydrogens (tertiary/aromatic N) is 2. The maximum absolute atomic E-state index is 11.7. The van der Waals surface area contributed by atoms with E-state index in [1.807, 2.05) is 6.92 Å². The summed E-state index contributed by atoms with van der Waals surface area (Å²) in [5.41, 5.74) is 0.765. The summed E-state index contributed by atoms with van der Waals surface area (Å²) < 4.78 is 20.5. The molecule has 0 amide bonds. The topological polar surface area (TPSA) is 105 Å². The van der Waals surface area contributed by atoms with E-state index in [0.29, 0.717) is 17.2 Å². The Balaban J connectivity index is 1.60. The minimum atomic E-state index is -0.586. The van der Waals surface area contributed by atoms with Gasteiger partial charge in [-0.15, -0.1) is 10.2 Å². The number of fused-ring (bicyclic) bond motifs is 1. The first-order valence-corrected chi connectivity index (χ1v) is 7.13. The molecule has 3 aromatic rings. The smallest absolute Gasteiger partial charge is 0.344 e. The van der Waals surface area contributed by atoms with E-state index in [2.05, 4.69) is 10.2 Å². The Labute approximate surface area is 136 Å². The van der Waals surface area contributed by atoms with Crippen LogP contribution in [0.5, 0.6) is 5.75 Å². The zero-order valence-corrected chi connectivity index (χ0v) is 13.1. The van der Waals surface area contributed by atoms with E-state index in [-0.39, 0.29) is 19.1 Å². The Bertz CT molecular complexity index is 943. The van der Waals surface area contributed by atoms with Crippen LogP contribution in [0.1, 0.15) is 17.3 Å². The molecule has 0 atom stereocenters. The first-order chi connectivity index (χ1) is 11.5. The highest BCUT2D eigenvalue weighted by molar-refractivity contribution is 5.81. The van der Waals surface area contributed by atoms with Crippen LogP contribution in [0.2, 0.25) is 0 Å². The molecule has 2 aromatic heterocycles. The van der Waals surface area contributed by atoms with Gasteiger partial charge in [-0.3, -0.25) is 0 Å². The molecule has 0 bridgehead atoms. The van der Waals surface area contributed by atoms with Crippen LogP contribution < -0.4 is 10.4 Å². The molecule has 2 heterocycles. The van der Waals surface area contributed by atoms with Gasteiger partial charge in [-0.25, -0.2) is 9.59 Å². The number of carbonyl (C=O) groups is 1. The standard InChI is InChI=1S/C16H14N2O6/c1-9-5-15(19)24-13-6-11(3-4-12(9)13)21-8-16(20)22-7-14-18-17-10(2)23-14/h3-6H,7-8H2,1-2H3. The molecule has 24 heavy (non-hydrogen) atoms. The molecule has 124 valence electrons. The van der Waals surface area contributed by atoms with Crippen LogP contribution in [-0.4, -0.2) is 22.8 Å². The van der Waals surface area contributed by atoms with Gasteiger partial charge in [0.1, 0.15) is 11.3 Å². The van der Waals surface area contributed by atoms with E-state index in [9.17, 15) is 9.59 Å². The third kappa shape index (κ3) is 3.60. The van der Waals surface area contributed by atoms with Crippen molar-refractivity contribution in [3.63, 3.8) is 0 Å². The SMILES string of the molecule is Cc1nnc(COC(=O)COc2ccc3c(C)cc(=O)oc3c2)o1. The van der Waals surface area contributed by atoms with Crippen molar-refractivity contribution in [2.75, 3.05) is 6.61 Å². The highest BCUT2D eigenvalue weighted by atomic mass is 16.6. The number of hydrogen-bond donors (Lipinski definition) is 0. The molecule has 0 unspecified atom stereocenters. The number of benzene rings is 1. The molecule has 0 aliphatic heterocycles. The van der Waals surface area contributed by atoms with Crippen LogP contribution in [0.4, 0.5) is 0 Å². The van der Waals surface area contributed by atoms with E-state index in [1.54, 1.807) is 25.1 Å². The van der Waals surface area contributed by atoms with Crippen molar-refractivity contribution in [2.24, 2.45) is 0 Å². The van der Waals surface area contributed by atoms with Crippen molar-refractivity contribution < 1.29 is 23.1 Å². The molecule has 8 nitrogen and oxygen atoms in total. The van der Waals surface area contributed by atoms with Crippen molar-refractivity contribution in [3.8, 4) is 5.75 Å². The van der Waals surface area contributed by atoms with Crippen LogP contribution in [0, 0.1) is 13.8 Å². The maximum atomic E-state index is 11.7. The Morgan fingerprint density at radius 1 is 1.17 bits per heavy atom. The van der Waals surface area contributed by atoms with Gasteiger partial charge in [0.05, 0.1) is 0 Å². The summed E-state index contributed by atoms with van der Waals surface area (Å²) in [5, 5.41) is 8.14. The molecule has 0 saturated heterocycles. The fraction of sp³-hybridized carbons (Fsp3) is 0.250. The van der Waals surface area contributed by atoms with E-state index in [0.717, 1.165) is 10.9 Å². The average molecular weight is 330 g/mol. The van der Waals surface area contributed by atoms with E-state index >= 15 is 0 Å². The zero-order valence-electron chi connectivity index (χ0n) is 13.1. The number of aryl methyl sites for hydroxylation is 2. The Morgan fingerprint density at radius 2 is 2.00 bits per heavy atom. The fourth-order valence-electron chi connectivity index (χ4n) is 2.12. The molecule has 0 spiro atoms. The molecule has 1 aromatic carbocycles.